The largest absolute Gasteiger partial charge is 0.212 e. The van der Waals surface area contributed by atoms with E-state index in [-0.39, 0.29) is 17.7 Å². The Morgan fingerprint density at radius 1 is 1.38 bits per heavy atom. The highest BCUT2D eigenvalue weighted by Crippen LogP contribution is 2.18. The molecule has 0 heterocycles. The molecule has 0 saturated heterocycles. The molecule has 0 atom stereocenters. The van der Waals surface area contributed by atoms with E-state index in [2.05, 4.69) is 4.72 Å². The summed E-state index contributed by atoms with van der Waals surface area (Å²) < 4.78 is 24.5. The molecule has 0 fully saturated rings. The van der Waals surface area contributed by atoms with E-state index in [1.54, 1.807) is 6.07 Å². The molecule has 0 aromatic carbocycles. The zero-order chi connectivity index (χ0) is 10.5. The van der Waals surface area contributed by atoms with Gasteiger partial charge in [0.2, 0.25) is 10.0 Å². The number of nitrogens with zero attached hydrogens (tertiary/aromatic N) is 1. The van der Waals surface area contributed by atoms with Crippen LogP contribution in [0.1, 0.15) is 27.2 Å². The zero-order valence-corrected chi connectivity index (χ0v) is 9.11. The van der Waals surface area contributed by atoms with E-state index in [1.165, 1.54) is 0 Å². The van der Waals surface area contributed by atoms with Crippen LogP contribution < -0.4 is 4.72 Å². The Kier molecular flexibility index (Phi) is 4.37. The molecule has 0 rings (SSSR count). The highest BCUT2D eigenvalue weighted by molar-refractivity contribution is 7.89. The number of rotatable bonds is 4. The van der Waals surface area contributed by atoms with Crippen LogP contribution in [0.5, 0.6) is 0 Å². The van der Waals surface area contributed by atoms with Crippen LogP contribution in [-0.2, 0) is 10.0 Å². The van der Waals surface area contributed by atoms with Crippen LogP contribution >= 0.6 is 0 Å². The third kappa shape index (κ3) is 7.75. The van der Waals surface area contributed by atoms with Gasteiger partial charge in [0, 0.05) is 0 Å². The second kappa shape index (κ2) is 4.58. The lowest BCUT2D eigenvalue weighted by molar-refractivity contribution is 0.396. The standard InChI is InChI=1S/C8H16N2O2S/c1-8(2,3)4-7-13(11,12)10-6-5-9/h10H,4,6-7H2,1-3H3. The van der Waals surface area contributed by atoms with Crippen molar-refractivity contribution in [3.05, 3.63) is 0 Å². The van der Waals surface area contributed by atoms with Crippen molar-refractivity contribution in [2.24, 2.45) is 5.41 Å². The first-order valence-electron chi connectivity index (χ1n) is 4.11. The zero-order valence-electron chi connectivity index (χ0n) is 8.29. The highest BCUT2D eigenvalue weighted by atomic mass is 32.2. The van der Waals surface area contributed by atoms with Gasteiger partial charge in [-0.05, 0) is 11.8 Å². The van der Waals surface area contributed by atoms with Gasteiger partial charge >= 0.3 is 0 Å². The first-order valence-corrected chi connectivity index (χ1v) is 5.76. The lowest BCUT2D eigenvalue weighted by Gasteiger charge is -2.17. The second-order valence-electron chi connectivity index (χ2n) is 4.11. The molecule has 0 unspecified atom stereocenters. The van der Waals surface area contributed by atoms with Gasteiger partial charge in [-0.3, -0.25) is 0 Å². The van der Waals surface area contributed by atoms with Crippen molar-refractivity contribution in [3.63, 3.8) is 0 Å². The van der Waals surface area contributed by atoms with E-state index in [0.717, 1.165) is 0 Å². The summed E-state index contributed by atoms with van der Waals surface area (Å²) >= 11 is 0. The third-order valence-electron chi connectivity index (χ3n) is 1.49. The molecule has 0 aliphatic rings. The van der Waals surface area contributed by atoms with Crippen LogP contribution in [0.2, 0.25) is 0 Å². The van der Waals surface area contributed by atoms with Gasteiger partial charge in [-0.2, -0.15) is 5.26 Å². The lowest BCUT2D eigenvalue weighted by atomic mass is 9.94. The summed E-state index contributed by atoms with van der Waals surface area (Å²) in [5, 5.41) is 8.18. The summed E-state index contributed by atoms with van der Waals surface area (Å²) in [6.07, 6.45) is 0.591. The van der Waals surface area contributed by atoms with Crippen LogP contribution in [0.25, 0.3) is 0 Å². The maximum absolute atomic E-state index is 11.2. The molecule has 5 heteroatoms. The molecule has 0 aromatic heterocycles. The normalized spacial score (nSPS) is 12.5. The first kappa shape index (κ1) is 12.4. The average Bonchev–Trinajstić information content (AvgIpc) is 1.97. The number of sulfonamides is 1. The molecule has 0 bridgehead atoms. The first-order chi connectivity index (χ1) is 5.77. The van der Waals surface area contributed by atoms with Crippen LogP contribution in [0, 0.1) is 16.7 Å². The van der Waals surface area contributed by atoms with E-state index in [0.29, 0.717) is 6.42 Å². The second-order valence-corrected chi connectivity index (χ2v) is 6.04. The summed E-state index contributed by atoms with van der Waals surface area (Å²) in [4.78, 5) is 0. The molecular weight excluding hydrogens is 188 g/mol. The van der Waals surface area contributed by atoms with E-state index in [4.69, 9.17) is 5.26 Å². The molecule has 0 aromatic rings. The van der Waals surface area contributed by atoms with Crippen LogP contribution in [-0.4, -0.2) is 20.7 Å². The maximum Gasteiger partial charge on any atom is 0.212 e. The summed E-state index contributed by atoms with van der Waals surface area (Å²) in [7, 11) is -3.25. The molecule has 76 valence electrons. The Morgan fingerprint density at radius 2 is 1.92 bits per heavy atom. The maximum atomic E-state index is 11.2. The monoisotopic (exact) mass is 204 g/mol. The van der Waals surface area contributed by atoms with E-state index in [9.17, 15) is 8.42 Å². The fourth-order valence-electron chi connectivity index (χ4n) is 0.655. The molecular formula is C8H16N2O2S. The summed E-state index contributed by atoms with van der Waals surface area (Å²) in [5.74, 6) is 0.0815. The number of nitriles is 1. The Bertz CT molecular complexity index is 282. The molecule has 0 radical (unpaired) electrons. The van der Waals surface area contributed by atoms with E-state index < -0.39 is 10.0 Å². The van der Waals surface area contributed by atoms with Crippen molar-refractivity contribution in [1.82, 2.24) is 4.72 Å². The summed E-state index contributed by atoms with van der Waals surface area (Å²) in [6, 6.07) is 1.73. The molecule has 13 heavy (non-hydrogen) atoms. The Morgan fingerprint density at radius 3 is 2.31 bits per heavy atom. The predicted molar refractivity (Wildman–Crippen MR) is 51.5 cm³/mol. The van der Waals surface area contributed by atoms with Crippen molar-refractivity contribution >= 4 is 10.0 Å². The average molecular weight is 204 g/mol. The Balaban J connectivity index is 4.00. The number of hydrogen-bond acceptors (Lipinski definition) is 3. The highest BCUT2D eigenvalue weighted by Gasteiger charge is 2.16. The minimum atomic E-state index is -3.25. The van der Waals surface area contributed by atoms with E-state index in [1.807, 2.05) is 20.8 Å². The van der Waals surface area contributed by atoms with Crippen LogP contribution in [0.3, 0.4) is 0 Å². The molecule has 0 saturated carbocycles. The Hall–Kier alpha value is -0.600. The topological polar surface area (TPSA) is 70.0 Å². The predicted octanol–water partition coefficient (Wildman–Crippen LogP) is 0.866. The van der Waals surface area contributed by atoms with Crippen LogP contribution in [0.15, 0.2) is 0 Å². The molecule has 0 aliphatic carbocycles. The molecule has 0 aliphatic heterocycles. The summed E-state index contributed by atoms with van der Waals surface area (Å²) in [5.41, 5.74) is 0.00138. The number of hydrogen-bond donors (Lipinski definition) is 1. The minimum absolute atomic E-state index is 0.00138. The van der Waals surface area contributed by atoms with Gasteiger partial charge in [-0.1, -0.05) is 20.8 Å². The minimum Gasteiger partial charge on any atom is -0.212 e. The fraction of sp³-hybridized carbons (Fsp3) is 0.875. The van der Waals surface area contributed by atoms with Gasteiger partial charge in [0.05, 0.1) is 18.4 Å². The van der Waals surface area contributed by atoms with Gasteiger partial charge in [0.25, 0.3) is 0 Å². The van der Waals surface area contributed by atoms with Gasteiger partial charge in [-0.15, -0.1) is 0 Å². The van der Waals surface area contributed by atoms with Gasteiger partial charge in [0.15, 0.2) is 0 Å². The van der Waals surface area contributed by atoms with Gasteiger partial charge < -0.3 is 0 Å². The van der Waals surface area contributed by atoms with Crippen molar-refractivity contribution in [1.29, 1.82) is 5.26 Å². The van der Waals surface area contributed by atoms with Gasteiger partial charge in [-0.25, -0.2) is 13.1 Å². The van der Waals surface area contributed by atoms with Gasteiger partial charge in [0.1, 0.15) is 0 Å². The smallest absolute Gasteiger partial charge is 0.212 e. The number of nitrogens with one attached hydrogen (secondary N) is 1. The van der Waals surface area contributed by atoms with Crippen molar-refractivity contribution < 1.29 is 8.42 Å². The lowest BCUT2D eigenvalue weighted by Crippen LogP contribution is -2.28. The third-order valence-corrected chi connectivity index (χ3v) is 2.82. The van der Waals surface area contributed by atoms with E-state index >= 15 is 0 Å². The van der Waals surface area contributed by atoms with Crippen molar-refractivity contribution in [2.45, 2.75) is 27.2 Å². The Labute approximate surface area is 80.0 Å². The quantitative estimate of drug-likeness (QED) is 0.691. The summed E-state index contributed by atoms with van der Waals surface area (Å²) in [6.45, 7) is 5.79. The van der Waals surface area contributed by atoms with Crippen molar-refractivity contribution in [2.75, 3.05) is 12.3 Å². The molecule has 0 spiro atoms. The van der Waals surface area contributed by atoms with Crippen molar-refractivity contribution in [3.8, 4) is 6.07 Å². The van der Waals surface area contributed by atoms with Crippen LogP contribution in [0.4, 0.5) is 0 Å². The molecule has 0 amide bonds. The molecule has 1 N–H and O–H groups in total. The SMILES string of the molecule is CC(C)(C)CCS(=O)(=O)NCC#N. The molecule has 4 nitrogen and oxygen atoms in total. The fourth-order valence-corrected chi connectivity index (χ4v) is 1.96.